The Hall–Kier alpha value is -1.22. The van der Waals surface area contributed by atoms with E-state index >= 15 is 0 Å². The predicted octanol–water partition coefficient (Wildman–Crippen LogP) is 1.22. The van der Waals surface area contributed by atoms with Gasteiger partial charge in [0.1, 0.15) is 0 Å². The zero-order chi connectivity index (χ0) is 10.6. The molecule has 0 aliphatic rings. The molecule has 3 heteroatoms. The van der Waals surface area contributed by atoms with Crippen molar-refractivity contribution in [3.05, 3.63) is 23.8 Å². The van der Waals surface area contributed by atoms with Crippen LogP contribution in [0.5, 0.6) is 11.5 Å². The van der Waals surface area contributed by atoms with Gasteiger partial charge in [-0.25, -0.2) is 0 Å². The Balaban J connectivity index is 2.93. The van der Waals surface area contributed by atoms with Gasteiger partial charge in [-0.05, 0) is 32.0 Å². The predicted molar refractivity (Wildman–Crippen MR) is 55.4 cm³/mol. The van der Waals surface area contributed by atoms with Crippen LogP contribution >= 0.6 is 0 Å². The molecule has 14 heavy (non-hydrogen) atoms. The lowest BCUT2D eigenvalue weighted by atomic mass is 10.2. The van der Waals surface area contributed by atoms with Crippen LogP contribution in [-0.2, 0) is 6.54 Å². The first kappa shape index (κ1) is 10.9. The molecule has 0 unspecified atom stereocenters. The molecule has 3 N–H and O–H groups in total. The first-order valence-electron chi connectivity index (χ1n) is 4.80. The summed E-state index contributed by atoms with van der Waals surface area (Å²) in [5, 5.41) is 0. The molecule has 0 saturated carbocycles. The Morgan fingerprint density at radius 2 is 2.00 bits per heavy atom. The second-order valence-electron chi connectivity index (χ2n) is 3.40. The average Bonchev–Trinajstić information content (AvgIpc) is 2.17. The number of quaternary nitrogens is 1. The van der Waals surface area contributed by atoms with Crippen molar-refractivity contribution in [1.82, 2.24) is 0 Å². The SMILES string of the molecule is COc1cc(C[NH3+])ccc1OC(C)C. The van der Waals surface area contributed by atoms with Gasteiger partial charge in [-0.15, -0.1) is 0 Å². The van der Waals surface area contributed by atoms with Gasteiger partial charge in [0, 0.05) is 5.56 Å². The topological polar surface area (TPSA) is 46.1 Å². The third-order valence-corrected chi connectivity index (χ3v) is 1.88. The van der Waals surface area contributed by atoms with Crippen LogP contribution in [0.15, 0.2) is 18.2 Å². The Labute approximate surface area is 84.8 Å². The quantitative estimate of drug-likeness (QED) is 0.787. The number of benzene rings is 1. The molecule has 0 fully saturated rings. The van der Waals surface area contributed by atoms with Crippen molar-refractivity contribution < 1.29 is 15.2 Å². The van der Waals surface area contributed by atoms with Gasteiger partial charge in [-0.3, -0.25) is 0 Å². The number of hydrogen-bond donors (Lipinski definition) is 1. The Morgan fingerprint density at radius 1 is 1.29 bits per heavy atom. The third-order valence-electron chi connectivity index (χ3n) is 1.88. The lowest BCUT2D eigenvalue weighted by molar-refractivity contribution is -0.386. The normalized spacial score (nSPS) is 10.4. The second kappa shape index (κ2) is 4.86. The van der Waals surface area contributed by atoms with Crippen LogP contribution in [0.1, 0.15) is 19.4 Å². The molecule has 0 spiro atoms. The Bertz CT molecular complexity index is 297. The summed E-state index contributed by atoms with van der Waals surface area (Å²) >= 11 is 0. The Morgan fingerprint density at radius 3 is 2.50 bits per heavy atom. The lowest BCUT2D eigenvalue weighted by Gasteiger charge is -2.13. The highest BCUT2D eigenvalue weighted by molar-refractivity contribution is 5.42. The molecular weight excluding hydrogens is 178 g/mol. The van der Waals surface area contributed by atoms with Crippen LogP contribution in [-0.4, -0.2) is 13.2 Å². The van der Waals surface area contributed by atoms with E-state index in [1.54, 1.807) is 7.11 Å². The fraction of sp³-hybridized carbons (Fsp3) is 0.455. The van der Waals surface area contributed by atoms with Gasteiger partial charge in [0.15, 0.2) is 11.5 Å². The summed E-state index contributed by atoms with van der Waals surface area (Å²) < 4.78 is 10.8. The molecular formula is C11H18NO2+. The summed E-state index contributed by atoms with van der Waals surface area (Å²) in [6, 6.07) is 5.90. The van der Waals surface area contributed by atoms with E-state index in [0.29, 0.717) is 0 Å². The van der Waals surface area contributed by atoms with Crippen LogP contribution < -0.4 is 15.2 Å². The molecule has 3 nitrogen and oxygen atoms in total. The average molecular weight is 196 g/mol. The zero-order valence-electron chi connectivity index (χ0n) is 9.04. The third kappa shape index (κ3) is 2.64. The number of rotatable bonds is 4. The molecule has 0 aliphatic heterocycles. The van der Waals surface area contributed by atoms with E-state index in [-0.39, 0.29) is 6.10 Å². The van der Waals surface area contributed by atoms with Gasteiger partial charge in [0.25, 0.3) is 0 Å². The minimum absolute atomic E-state index is 0.162. The fourth-order valence-corrected chi connectivity index (χ4v) is 1.22. The molecule has 0 atom stereocenters. The van der Waals surface area contributed by atoms with E-state index in [1.807, 2.05) is 32.0 Å². The highest BCUT2D eigenvalue weighted by atomic mass is 16.5. The summed E-state index contributed by atoms with van der Waals surface area (Å²) in [5.74, 6) is 1.57. The summed E-state index contributed by atoms with van der Waals surface area (Å²) in [5.41, 5.74) is 4.98. The number of hydrogen-bond acceptors (Lipinski definition) is 2. The summed E-state index contributed by atoms with van der Waals surface area (Å²) in [4.78, 5) is 0. The monoisotopic (exact) mass is 196 g/mol. The Kier molecular flexibility index (Phi) is 3.77. The molecule has 0 amide bonds. The van der Waals surface area contributed by atoms with Crippen molar-refractivity contribution >= 4 is 0 Å². The maximum absolute atomic E-state index is 5.59. The van der Waals surface area contributed by atoms with Gasteiger partial charge >= 0.3 is 0 Å². The van der Waals surface area contributed by atoms with Crippen LogP contribution in [0.25, 0.3) is 0 Å². The molecule has 0 bridgehead atoms. The fourth-order valence-electron chi connectivity index (χ4n) is 1.22. The van der Waals surface area contributed by atoms with Gasteiger partial charge in [-0.2, -0.15) is 0 Å². The van der Waals surface area contributed by atoms with E-state index in [0.717, 1.165) is 23.6 Å². The van der Waals surface area contributed by atoms with Crippen LogP contribution in [0.3, 0.4) is 0 Å². The molecule has 0 aromatic heterocycles. The maximum Gasteiger partial charge on any atom is 0.161 e. The molecule has 0 aliphatic carbocycles. The molecule has 1 aromatic carbocycles. The summed E-state index contributed by atoms with van der Waals surface area (Å²) in [6.45, 7) is 4.75. The van der Waals surface area contributed by atoms with Gasteiger partial charge in [0.2, 0.25) is 0 Å². The van der Waals surface area contributed by atoms with Crippen LogP contribution in [0.4, 0.5) is 0 Å². The molecule has 0 radical (unpaired) electrons. The van der Waals surface area contributed by atoms with Crippen LogP contribution in [0, 0.1) is 0 Å². The number of methoxy groups -OCH3 is 1. The van der Waals surface area contributed by atoms with Gasteiger partial charge in [0.05, 0.1) is 19.8 Å². The van der Waals surface area contributed by atoms with Crippen molar-refractivity contribution in [3.63, 3.8) is 0 Å². The molecule has 0 heterocycles. The van der Waals surface area contributed by atoms with E-state index in [1.165, 1.54) is 0 Å². The minimum Gasteiger partial charge on any atom is -0.493 e. The summed E-state index contributed by atoms with van der Waals surface area (Å²) in [7, 11) is 1.65. The van der Waals surface area contributed by atoms with E-state index in [9.17, 15) is 0 Å². The van der Waals surface area contributed by atoms with Crippen molar-refractivity contribution in [2.24, 2.45) is 0 Å². The van der Waals surface area contributed by atoms with Crippen molar-refractivity contribution in [2.75, 3.05) is 7.11 Å². The minimum atomic E-state index is 0.162. The van der Waals surface area contributed by atoms with Crippen LogP contribution in [0.2, 0.25) is 0 Å². The second-order valence-corrected chi connectivity index (χ2v) is 3.40. The molecule has 1 rings (SSSR count). The van der Waals surface area contributed by atoms with Crippen molar-refractivity contribution in [2.45, 2.75) is 26.5 Å². The molecule has 0 saturated heterocycles. The first-order chi connectivity index (χ1) is 6.67. The summed E-state index contributed by atoms with van der Waals surface area (Å²) in [6.07, 6.45) is 0.162. The van der Waals surface area contributed by atoms with Crippen molar-refractivity contribution in [3.8, 4) is 11.5 Å². The van der Waals surface area contributed by atoms with Crippen molar-refractivity contribution in [1.29, 1.82) is 0 Å². The zero-order valence-corrected chi connectivity index (χ0v) is 9.04. The highest BCUT2D eigenvalue weighted by Gasteiger charge is 2.06. The molecule has 78 valence electrons. The molecule has 1 aromatic rings. The van der Waals surface area contributed by atoms with Gasteiger partial charge in [-0.1, -0.05) is 0 Å². The maximum atomic E-state index is 5.59. The highest BCUT2D eigenvalue weighted by Crippen LogP contribution is 2.28. The number of ether oxygens (including phenoxy) is 2. The smallest absolute Gasteiger partial charge is 0.161 e. The largest absolute Gasteiger partial charge is 0.493 e. The lowest BCUT2D eigenvalue weighted by Crippen LogP contribution is -2.47. The standard InChI is InChI=1S/C11H17NO2/c1-8(2)14-10-5-4-9(7-12)6-11(10)13-3/h4-6,8H,7,12H2,1-3H3/p+1. The van der Waals surface area contributed by atoms with E-state index < -0.39 is 0 Å². The van der Waals surface area contributed by atoms with E-state index in [4.69, 9.17) is 9.47 Å². The first-order valence-corrected chi connectivity index (χ1v) is 4.80. The van der Waals surface area contributed by atoms with E-state index in [2.05, 4.69) is 5.73 Å². The van der Waals surface area contributed by atoms with Gasteiger partial charge < -0.3 is 15.2 Å².